The lowest BCUT2D eigenvalue weighted by atomic mass is 9.87. The number of hydrogen-bond donors (Lipinski definition) is 2. The van der Waals surface area contributed by atoms with Gasteiger partial charge in [-0.05, 0) is 37.6 Å². The summed E-state index contributed by atoms with van der Waals surface area (Å²) >= 11 is 16.2. The van der Waals surface area contributed by atoms with Crippen molar-refractivity contribution >= 4 is 53.3 Å². The molecule has 0 heterocycles. The van der Waals surface area contributed by atoms with Gasteiger partial charge in [0.1, 0.15) is 0 Å². The molecule has 0 aliphatic heterocycles. The van der Waals surface area contributed by atoms with Crippen molar-refractivity contribution in [2.24, 2.45) is 0 Å². The summed E-state index contributed by atoms with van der Waals surface area (Å²) in [5.74, 6) is -2.00. The average molecular weight is 360 g/mol. The Morgan fingerprint density at radius 2 is 1.77 bits per heavy atom. The summed E-state index contributed by atoms with van der Waals surface area (Å²) in [6, 6.07) is 6.14. The summed E-state index contributed by atoms with van der Waals surface area (Å²) in [7, 11) is 0. The number of rotatable bonds is 6. The first-order chi connectivity index (χ1) is 10.1. The molecular formula is C15H15Cl2NO3S. The van der Waals surface area contributed by atoms with Crippen molar-refractivity contribution in [1.29, 1.82) is 0 Å². The number of halogens is 2. The third-order valence-corrected chi connectivity index (χ3v) is 4.35. The topological polar surface area (TPSA) is 63.2 Å². The van der Waals surface area contributed by atoms with Crippen molar-refractivity contribution in [3.63, 3.8) is 0 Å². The molecule has 0 spiro atoms. The zero-order chi connectivity index (χ0) is 17.1. The van der Waals surface area contributed by atoms with Crippen molar-refractivity contribution < 1.29 is 14.4 Å². The Morgan fingerprint density at radius 1 is 1.27 bits per heavy atom. The van der Waals surface area contributed by atoms with Crippen molar-refractivity contribution in [2.75, 3.05) is 0 Å². The maximum absolute atomic E-state index is 12.8. The normalized spacial score (nSPS) is 16.0. The van der Waals surface area contributed by atoms with Crippen molar-refractivity contribution in [1.82, 2.24) is 5.32 Å². The molecule has 0 bridgehead atoms. The molecular weight excluding hydrogens is 345 g/mol. The van der Waals surface area contributed by atoms with E-state index in [1.807, 2.05) is 0 Å². The van der Waals surface area contributed by atoms with E-state index in [1.54, 1.807) is 12.1 Å². The molecule has 0 saturated heterocycles. The Bertz CT molecular complexity index is 628. The molecule has 2 atom stereocenters. The van der Waals surface area contributed by atoms with Gasteiger partial charge in [-0.25, -0.2) is 0 Å². The van der Waals surface area contributed by atoms with Gasteiger partial charge in [-0.1, -0.05) is 41.9 Å². The van der Waals surface area contributed by atoms with Gasteiger partial charge in [-0.15, -0.1) is 12.6 Å². The van der Waals surface area contributed by atoms with E-state index in [2.05, 4.69) is 24.5 Å². The quantitative estimate of drug-likeness (QED) is 0.355. The van der Waals surface area contributed by atoms with E-state index in [4.69, 9.17) is 23.2 Å². The van der Waals surface area contributed by atoms with E-state index in [1.165, 1.54) is 26.0 Å². The fraction of sp³-hybridized carbons (Fsp3) is 0.267. The van der Waals surface area contributed by atoms with Crippen LogP contribution >= 0.6 is 35.8 Å². The first kappa shape index (κ1) is 18.7. The maximum atomic E-state index is 12.8. The monoisotopic (exact) mass is 359 g/mol. The lowest BCUT2D eigenvalue weighted by Gasteiger charge is -2.32. The lowest BCUT2D eigenvalue weighted by molar-refractivity contribution is -0.138. The standard InChI is InChI=1S/C15H15Cl2NO3S/c1-4-12(20)18-14(3,9(2)19)13(21)15(17,22)10-5-7-11(16)8-6-10/h4-8,22H,1H2,2-3H3,(H,18,20). The fourth-order valence-electron chi connectivity index (χ4n) is 1.74. The van der Waals surface area contributed by atoms with E-state index in [-0.39, 0.29) is 0 Å². The van der Waals surface area contributed by atoms with E-state index < -0.39 is 27.2 Å². The van der Waals surface area contributed by atoms with Crippen molar-refractivity contribution in [3.05, 3.63) is 47.5 Å². The number of carbonyl (C=O) groups is 3. The van der Waals surface area contributed by atoms with E-state index in [0.717, 1.165) is 6.08 Å². The molecule has 22 heavy (non-hydrogen) atoms. The minimum Gasteiger partial charge on any atom is -0.334 e. The van der Waals surface area contributed by atoms with Crippen LogP contribution in [0, 0.1) is 0 Å². The second kappa shape index (κ2) is 6.86. The van der Waals surface area contributed by atoms with Crippen molar-refractivity contribution in [3.8, 4) is 0 Å². The Balaban J connectivity index is 3.28. The summed E-state index contributed by atoms with van der Waals surface area (Å²) in [6.07, 6.45) is 0.963. The van der Waals surface area contributed by atoms with Gasteiger partial charge in [0.05, 0.1) is 0 Å². The van der Waals surface area contributed by atoms with Crippen LogP contribution in [0.3, 0.4) is 0 Å². The summed E-state index contributed by atoms with van der Waals surface area (Å²) in [6.45, 7) is 5.76. The average Bonchev–Trinajstić information content (AvgIpc) is 2.46. The van der Waals surface area contributed by atoms with Gasteiger partial charge in [0.15, 0.2) is 15.5 Å². The van der Waals surface area contributed by atoms with Crippen LogP contribution in [-0.2, 0) is 18.6 Å². The second-order valence-electron chi connectivity index (χ2n) is 4.83. The van der Waals surface area contributed by atoms with Gasteiger partial charge < -0.3 is 5.32 Å². The van der Waals surface area contributed by atoms with E-state index >= 15 is 0 Å². The molecule has 0 aromatic heterocycles. The van der Waals surface area contributed by atoms with E-state index in [0.29, 0.717) is 10.6 Å². The number of alkyl halides is 1. The first-order valence-electron chi connectivity index (χ1n) is 6.23. The minimum absolute atomic E-state index is 0.340. The highest BCUT2D eigenvalue weighted by Crippen LogP contribution is 2.38. The van der Waals surface area contributed by atoms with Crippen LogP contribution in [0.2, 0.25) is 5.02 Å². The fourth-order valence-corrected chi connectivity index (χ4v) is 2.55. The molecule has 1 rings (SSSR count). The molecule has 1 aromatic rings. The molecule has 7 heteroatoms. The summed E-state index contributed by atoms with van der Waals surface area (Å²) in [5.41, 5.74) is -1.48. The first-order valence-corrected chi connectivity index (χ1v) is 7.44. The largest absolute Gasteiger partial charge is 0.334 e. The molecule has 0 saturated carbocycles. The number of amides is 1. The third kappa shape index (κ3) is 3.72. The highest BCUT2D eigenvalue weighted by atomic mass is 35.5. The van der Waals surface area contributed by atoms with Crippen LogP contribution in [-0.4, -0.2) is 23.0 Å². The summed E-state index contributed by atoms with van der Waals surface area (Å²) < 4.78 is -1.81. The Morgan fingerprint density at radius 3 is 2.18 bits per heavy atom. The number of thiol groups is 1. The molecule has 1 aromatic carbocycles. The predicted octanol–water partition coefficient (Wildman–Crippen LogP) is 2.88. The smallest absolute Gasteiger partial charge is 0.244 e. The molecule has 0 fully saturated rings. The van der Waals surface area contributed by atoms with Gasteiger partial charge in [-0.3, -0.25) is 14.4 Å². The number of carbonyl (C=O) groups excluding carboxylic acids is 3. The number of benzene rings is 1. The number of nitrogens with one attached hydrogen (secondary N) is 1. The lowest BCUT2D eigenvalue weighted by Crippen LogP contribution is -2.60. The van der Waals surface area contributed by atoms with Gasteiger partial charge >= 0.3 is 0 Å². The second-order valence-corrected chi connectivity index (χ2v) is 6.77. The predicted molar refractivity (Wildman–Crippen MR) is 90.4 cm³/mol. The number of hydrogen-bond acceptors (Lipinski definition) is 4. The minimum atomic E-state index is -1.82. The van der Waals surface area contributed by atoms with Crippen LogP contribution < -0.4 is 5.32 Å². The molecule has 0 radical (unpaired) electrons. The van der Waals surface area contributed by atoms with Crippen LogP contribution in [0.5, 0.6) is 0 Å². The summed E-state index contributed by atoms with van der Waals surface area (Å²) in [4.78, 5) is 36.2. The van der Waals surface area contributed by atoms with Gasteiger partial charge in [0.2, 0.25) is 11.7 Å². The molecule has 4 nitrogen and oxygen atoms in total. The van der Waals surface area contributed by atoms with Gasteiger partial charge in [-0.2, -0.15) is 0 Å². The third-order valence-electron chi connectivity index (χ3n) is 3.24. The summed E-state index contributed by atoms with van der Waals surface area (Å²) in [5, 5.41) is 2.78. The van der Waals surface area contributed by atoms with Gasteiger partial charge in [0, 0.05) is 5.02 Å². The number of ketones is 2. The molecule has 0 aliphatic rings. The SMILES string of the molecule is C=CC(=O)NC(C)(C(C)=O)C(=O)C(S)(Cl)c1ccc(Cl)cc1. The Hall–Kier alpha value is -1.30. The van der Waals surface area contributed by atoms with E-state index in [9.17, 15) is 14.4 Å². The molecule has 0 aliphatic carbocycles. The van der Waals surface area contributed by atoms with Gasteiger partial charge in [0.25, 0.3) is 0 Å². The Labute approximate surface area is 144 Å². The highest BCUT2D eigenvalue weighted by Gasteiger charge is 2.49. The number of Topliss-reactive ketones (excluding diaryl/α,β-unsaturated/α-hetero) is 2. The highest BCUT2D eigenvalue weighted by molar-refractivity contribution is 7.84. The molecule has 1 amide bonds. The molecule has 118 valence electrons. The zero-order valence-electron chi connectivity index (χ0n) is 12.0. The van der Waals surface area contributed by atoms with Crippen LogP contribution in [0.4, 0.5) is 0 Å². The van der Waals surface area contributed by atoms with Crippen LogP contribution in [0.1, 0.15) is 19.4 Å². The van der Waals surface area contributed by atoms with Crippen molar-refractivity contribution in [2.45, 2.75) is 23.6 Å². The molecule has 1 N–H and O–H groups in total. The Kier molecular flexibility index (Phi) is 5.84. The van der Waals surface area contributed by atoms with Crippen LogP contribution in [0.25, 0.3) is 0 Å². The zero-order valence-corrected chi connectivity index (χ0v) is 14.4. The maximum Gasteiger partial charge on any atom is 0.244 e. The molecule has 2 unspecified atom stereocenters. The van der Waals surface area contributed by atoms with Crippen LogP contribution in [0.15, 0.2) is 36.9 Å².